The lowest BCUT2D eigenvalue weighted by Gasteiger charge is -2.40. The van der Waals surface area contributed by atoms with Crippen LogP contribution in [-0.4, -0.2) is 50.8 Å². The maximum atomic E-state index is 5.90. The molecule has 0 spiro atoms. The van der Waals surface area contributed by atoms with Gasteiger partial charge >= 0.3 is 0 Å². The summed E-state index contributed by atoms with van der Waals surface area (Å²) in [7, 11) is 1.72. The summed E-state index contributed by atoms with van der Waals surface area (Å²) < 4.78 is 5.30. The smallest absolute Gasteiger partial charge is 0.120 e. The van der Waals surface area contributed by atoms with Crippen LogP contribution in [0.3, 0.4) is 0 Å². The first kappa shape index (κ1) is 15.1. The summed E-state index contributed by atoms with van der Waals surface area (Å²) in [6.07, 6.45) is 2.41. The van der Waals surface area contributed by atoms with Crippen molar-refractivity contribution < 1.29 is 4.74 Å². The Morgan fingerprint density at radius 1 is 1.25 bits per heavy atom. The van der Waals surface area contributed by atoms with E-state index in [2.05, 4.69) is 34.9 Å². The van der Waals surface area contributed by atoms with Gasteiger partial charge in [-0.3, -0.25) is 4.90 Å². The van der Waals surface area contributed by atoms with E-state index in [1.54, 1.807) is 7.11 Å². The molecule has 0 amide bonds. The summed E-state index contributed by atoms with van der Waals surface area (Å²) in [4.78, 5) is 4.97. The van der Waals surface area contributed by atoms with Gasteiger partial charge in [-0.2, -0.15) is 0 Å². The van der Waals surface area contributed by atoms with E-state index in [4.69, 9.17) is 10.5 Å². The molecule has 1 fully saturated rings. The van der Waals surface area contributed by atoms with Gasteiger partial charge < -0.3 is 15.4 Å². The van der Waals surface area contributed by atoms with Crippen molar-refractivity contribution in [3.8, 4) is 5.75 Å². The van der Waals surface area contributed by atoms with E-state index in [0.29, 0.717) is 6.04 Å². The molecule has 1 aliphatic heterocycles. The molecule has 1 saturated heterocycles. The number of anilines is 1. The monoisotopic (exact) mass is 277 g/mol. The lowest BCUT2D eigenvalue weighted by atomic mass is 10.1. The fourth-order valence-corrected chi connectivity index (χ4v) is 2.94. The molecule has 0 bridgehead atoms. The van der Waals surface area contributed by atoms with Crippen molar-refractivity contribution in [3.63, 3.8) is 0 Å². The van der Waals surface area contributed by atoms with Gasteiger partial charge in [0.2, 0.25) is 0 Å². The summed E-state index contributed by atoms with van der Waals surface area (Å²) in [5, 5.41) is 0. The van der Waals surface area contributed by atoms with Crippen molar-refractivity contribution in [1.82, 2.24) is 4.90 Å². The van der Waals surface area contributed by atoms with Crippen molar-refractivity contribution >= 4 is 5.69 Å². The predicted molar refractivity (Wildman–Crippen MR) is 84.5 cm³/mol. The molecule has 1 aromatic rings. The zero-order valence-electron chi connectivity index (χ0n) is 12.7. The van der Waals surface area contributed by atoms with Crippen LogP contribution in [0.15, 0.2) is 24.3 Å². The first-order valence-electron chi connectivity index (χ1n) is 7.61. The van der Waals surface area contributed by atoms with Crippen LogP contribution in [0, 0.1) is 0 Å². The molecule has 0 saturated carbocycles. The van der Waals surface area contributed by atoms with Crippen molar-refractivity contribution in [2.75, 3.05) is 44.7 Å². The molecule has 4 heteroatoms. The Morgan fingerprint density at radius 3 is 2.60 bits per heavy atom. The molecule has 1 unspecified atom stereocenters. The molecular formula is C16H27N3O. The van der Waals surface area contributed by atoms with Crippen LogP contribution in [-0.2, 0) is 0 Å². The largest absolute Gasteiger partial charge is 0.497 e. The minimum atomic E-state index is 0.549. The van der Waals surface area contributed by atoms with Gasteiger partial charge in [0.1, 0.15) is 5.75 Å². The number of hydrogen-bond donors (Lipinski definition) is 1. The first-order chi connectivity index (χ1) is 9.78. The van der Waals surface area contributed by atoms with E-state index >= 15 is 0 Å². The second kappa shape index (κ2) is 7.50. The molecule has 1 aliphatic rings. The van der Waals surface area contributed by atoms with E-state index < -0.39 is 0 Å². The maximum Gasteiger partial charge on any atom is 0.120 e. The Morgan fingerprint density at radius 2 is 2.00 bits per heavy atom. The number of hydrogen-bond acceptors (Lipinski definition) is 4. The van der Waals surface area contributed by atoms with Gasteiger partial charge in [-0.1, -0.05) is 19.4 Å². The lowest BCUT2D eigenvalue weighted by Crippen LogP contribution is -2.52. The standard InChI is InChI=1S/C16H27N3O/c1-3-5-15(13-17)19-10-8-18(9-11-19)14-6-4-7-16(12-14)20-2/h4,6-7,12,15H,3,5,8-11,13,17H2,1-2H3. The van der Waals surface area contributed by atoms with Gasteiger partial charge in [0.05, 0.1) is 7.11 Å². The van der Waals surface area contributed by atoms with Crippen LogP contribution >= 0.6 is 0 Å². The van der Waals surface area contributed by atoms with E-state index in [0.717, 1.165) is 38.5 Å². The number of nitrogens with zero attached hydrogens (tertiary/aromatic N) is 2. The van der Waals surface area contributed by atoms with Crippen LogP contribution in [0.25, 0.3) is 0 Å². The van der Waals surface area contributed by atoms with Crippen LogP contribution in [0.1, 0.15) is 19.8 Å². The Balaban J connectivity index is 1.93. The minimum absolute atomic E-state index is 0.549. The molecule has 0 radical (unpaired) electrons. The molecular weight excluding hydrogens is 250 g/mol. The van der Waals surface area contributed by atoms with Gasteiger partial charge in [0.25, 0.3) is 0 Å². The third kappa shape index (κ3) is 3.64. The lowest BCUT2D eigenvalue weighted by molar-refractivity contribution is 0.179. The highest BCUT2D eigenvalue weighted by atomic mass is 16.5. The number of benzene rings is 1. The van der Waals surface area contributed by atoms with E-state index in [1.165, 1.54) is 18.5 Å². The molecule has 0 aromatic heterocycles. The van der Waals surface area contributed by atoms with Crippen molar-refractivity contribution in [3.05, 3.63) is 24.3 Å². The molecule has 2 N–H and O–H groups in total. The van der Waals surface area contributed by atoms with Crippen molar-refractivity contribution in [2.24, 2.45) is 5.73 Å². The fraction of sp³-hybridized carbons (Fsp3) is 0.625. The molecule has 2 rings (SSSR count). The average molecular weight is 277 g/mol. The summed E-state index contributed by atoms with van der Waals surface area (Å²) in [5.41, 5.74) is 7.16. The van der Waals surface area contributed by atoms with Gasteiger partial charge in [-0.15, -0.1) is 0 Å². The fourth-order valence-electron chi connectivity index (χ4n) is 2.94. The Labute approximate surface area is 122 Å². The minimum Gasteiger partial charge on any atom is -0.497 e. The van der Waals surface area contributed by atoms with Crippen LogP contribution < -0.4 is 15.4 Å². The third-order valence-electron chi connectivity index (χ3n) is 4.14. The predicted octanol–water partition coefficient (Wildman–Crippen LogP) is 1.94. The molecule has 1 atom stereocenters. The van der Waals surface area contributed by atoms with Crippen molar-refractivity contribution in [2.45, 2.75) is 25.8 Å². The summed E-state index contributed by atoms with van der Waals surface area (Å²) >= 11 is 0. The van der Waals surface area contributed by atoms with Gasteiger partial charge in [-0.05, 0) is 18.6 Å². The molecule has 0 aliphatic carbocycles. The first-order valence-corrected chi connectivity index (χ1v) is 7.61. The zero-order chi connectivity index (χ0) is 14.4. The van der Waals surface area contributed by atoms with Crippen LogP contribution in [0.4, 0.5) is 5.69 Å². The normalized spacial score (nSPS) is 18.1. The SMILES string of the molecule is CCCC(CN)N1CCN(c2cccc(OC)c2)CC1. The summed E-state index contributed by atoms with van der Waals surface area (Å²) in [5.74, 6) is 0.927. The van der Waals surface area contributed by atoms with Crippen LogP contribution in [0.2, 0.25) is 0 Å². The summed E-state index contributed by atoms with van der Waals surface area (Å²) in [6, 6.07) is 8.87. The highest BCUT2D eigenvalue weighted by Crippen LogP contribution is 2.22. The second-order valence-corrected chi connectivity index (χ2v) is 5.40. The quantitative estimate of drug-likeness (QED) is 0.863. The van der Waals surface area contributed by atoms with E-state index in [1.807, 2.05) is 6.07 Å². The highest BCUT2D eigenvalue weighted by molar-refractivity contribution is 5.51. The molecule has 1 aromatic carbocycles. The number of nitrogens with two attached hydrogens (primary N) is 1. The topological polar surface area (TPSA) is 41.7 Å². The third-order valence-corrected chi connectivity index (χ3v) is 4.14. The van der Waals surface area contributed by atoms with Gasteiger partial charge in [-0.25, -0.2) is 0 Å². The number of rotatable bonds is 6. The highest BCUT2D eigenvalue weighted by Gasteiger charge is 2.22. The number of ether oxygens (including phenoxy) is 1. The maximum absolute atomic E-state index is 5.90. The second-order valence-electron chi connectivity index (χ2n) is 5.40. The van der Waals surface area contributed by atoms with E-state index in [9.17, 15) is 0 Å². The molecule has 4 nitrogen and oxygen atoms in total. The number of piperazine rings is 1. The Kier molecular flexibility index (Phi) is 5.68. The van der Waals surface area contributed by atoms with Crippen LogP contribution in [0.5, 0.6) is 5.75 Å². The molecule has 112 valence electrons. The summed E-state index contributed by atoms with van der Waals surface area (Å²) in [6.45, 7) is 7.32. The average Bonchev–Trinajstić information content (AvgIpc) is 2.53. The Bertz CT molecular complexity index is 402. The molecule has 20 heavy (non-hydrogen) atoms. The zero-order valence-corrected chi connectivity index (χ0v) is 12.7. The number of methoxy groups -OCH3 is 1. The molecule has 1 heterocycles. The van der Waals surface area contributed by atoms with Gasteiger partial charge in [0.15, 0.2) is 0 Å². The van der Waals surface area contributed by atoms with Gasteiger partial charge in [0, 0.05) is 50.5 Å². The van der Waals surface area contributed by atoms with E-state index in [-0.39, 0.29) is 0 Å². The van der Waals surface area contributed by atoms with Crippen molar-refractivity contribution in [1.29, 1.82) is 0 Å². The Hall–Kier alpha value is -1.26.